The zero-order valence-electron chi connectivity index (χ0n) is 9.35. The molecular weight excluding hydrogens is 224 g/mol. The van der Waals surface area contributed by atoms with Gasteiger partial charge in [0.2, 0.25) is 0 Å². The van der Waals surface area contributed by atoms with Crippen molar-refractivity contribution < 1.29 is 13.8 Å². The first-order chi connectivity index (χ1) is 7.55. The lowest BCUT2D eigenvalue weighted by Crippen LogP contribution is -2.28. The van der Waals surface area contributed by atoms with Crippen molar-refractivity contribution in [3.05, 3.63) is 29.8 Å². The molecule has 1 aliphatic rings. The molecule has 1 heterocycles. The van der Waals surface area contributed by atoms with E-state index in [9.17, 15) is 9.11 Å². The lowest BCUT2D eigenvalue weighted by Gasteiger charge is -2.39. The Hall–Kier alpha value is -0.710. The van der Waals surface area contributed by atoms with Crippen LogP contribution in [0.4, 0.5) is 0 Å². The van der Waals surface area contributed by atoms with Crippen LogP contribution < -0.4 is 4.74 Å². The normalized spacial score (nSPS) is 22.7. The van der Waals surface area contributed by atoms with Crippen molar-refractivity contribution in [1.82, 2.24) is 0 Å². The van der Waals surface area contributed by atoms with Crippen LogP contribution in [-0.2, 0) is 0 Å². The minimum absolute atomic E-state index is 0.113. The van der Waals surface area contributed by atoms with Crippen molar-refractivity contribution in [2.24, 2.45) is 0 Å². The van der Waals surface area contributed by atoms with Crippen LogP contribution in [-0.4, -0.2) is 26.7 Å². The maximum atomic E-state index is 9.48. The number of ether oxygens (including phenoxy) is 1. The van der Waals surface area contributed by atoms with Gasteiger partial charge in [0.1, 0.15) is 11.9 Å². The molecule has 3 nitrogen and oxygen atoms in total. The average Bonchev–Trinajstić information content (AvgIpc) is 2.21. The average molecular weight is 241 g/mol. The summed E-state index contributed by atoms with van der Waals surface area (Å²) >= 11 is 0. The largest absolute Gasteiger partial charge is 0.490 e. The van der Waals surface area contributed by atoms with Crippen LogP contribution in [0.25, 0.3) is 0 Å². The molecule has 2 N–H and O–H groups in total. The summed E-state index contributed by atoms with van der Waals surface area (Å²) in [5, 5.41) is 0. The van der Waals surface area contributed by atoms with E-state index in [0.717, 1.165) is 24.2 Å². The highest BCUT2D eigenvalue weighted by molar-refractivity contribution is 8.24. The minimum atomic E-state index is -2.30. The molecule has 2 rings (SSSR count). The highest BCUT2D eigenvalue weighted by atomic mass is 32.3. The van der Waals surface area contributed by atoms with Gasteiger partial charge in [-0.25, -0.2) is 0 Å². The molecule has 89 valence electrons. The molecule has 0 amide bonds. The van der Waals surface area contributed by atoms with E-state index < -0.39 is 10.6 Å². The summed E-state index contributed by atoms with van der Waals surface area (Å²) in [6, 6.07) is 8.75. The van der Waals surface area contributed by atoms with Gasteiger partial charge in [-0.1, -0.05) is 6.07 Å². The molecule has 0 spiro atoms. The first-order valence-corrected chi connectivity index (χ1v) is 7.32. The molecule has 0 aromatic heterocycles. The zero-order valence-corrected chi connectivity index (χ0v) is 10.2. The smallest absolute Gasteiger partial charge is 0.120 e. The Morgan fingerprint density at radius 1 is 1.38 bits per heavy atom. The molecule has 1 aromatic carbocycles. The van der Waals surface area contributed by atoms with Crippen LogP contribution in [0.1, 0.15) is 18.4 Å². The lowest BCUT2D eigenvalue weighted by atomic mass is 10.2. The molecular formula is C12H17O3S. The van der Waals surface area contributed by atoms with Gasteiger partial charge in [0.05, 0.1) is 0 Å². The van der Waals surface area contributed by atoms with Crippen LogP contribution >= 0.6 is 10.6 Å². The summed E-state index contributed by atoms with van der Waals surface area (Å²) in [7, 11) is -2.30. The molecule has 0 unspecified atom stereocenters. The summed E-state index contributed by atoms with van der Waals surface area (Å²) in [6.07, 6.45) is 1.56. The second-order valence-corrected chi connectivity index (χ2v) is 6.66. The predicted molar refractivity (Wildman–Crippen MR) is 66.2 cm³/mol. The topological polar surface area (TPSA) is 49.7 Å². The standard InChI is InChI=1S/C12H17O3S/c1-10-3-2-4-12(9-10)15-11-5-7-16(13,14)8-6-11/h2,4,9,11,13-14H,5-8H2,1H3. The van der Waals surface area contributed by atoms with Gasteiger partial charge >= 0.3 is 0 Å². The fourth-order valence-electron chi connectivity index (χ4n) is 1.83. The Labute approximate surface area is 97.8 Å². The Morgan fingerprint density at radius 3 is 2.69 bits per heavy atom. The third-order valence-corrected chi connectivity index (χ3v) is 4.53. The predicted octanol–water partition coefficient (Wildman–Crippen LogP) is 3.09. The molecule has 0 atom stereocenters. The minimum Gasteiger partial charge on any atom is -0.490 e. The summed E-state index contributed by atoms with van der Waals surface area (Å²) in [4.78, 5) is 0. The van der Waals surface area contributed by atoms with E-state index in [1.807, 2.05) is 25.1 Å². The molecule has 1 aromatic rings. The first-order valence-electron chi connectivity index (χ1n) is 5.44. The van der Waals surface area contributed by atoms with E-state index in [-0.39, 0.29) is 6.10 Å². The van der Waals surface area contributed by atoms with E-state index in [0.29, 0.717) is 11.5 Å². The zero-order chi connectivity index (χ0) is 11.6. The Kier molecular flexibility index (Phi) is 3.42. The quantitative estimate of drug-likeness (QED) is 0.836. The van der Waals surface area contributed by atoms with Crippen LogP contribution in [0, 0.1) is 13.0 Å². The fraction of sp³-hybridized carbons (Fsp3) is 0.500. The van der Waals surface area contributed by atoms with Gasteiger partial charge < -0.3 is 4.74 Å². The number of benzene rings is 1. The van der Waals surface area contributed by atoms with Gasteiger partial charge in [-0.05, 0) is 30.7 Å². The molecule has 1 radical (unpaired) electrons. The van der Waals surface area contributed by atoms with Crippen molar-refractivity contribution in [2.75, 3.05) is 11.5 Å². The Bertz CT molecular complexity index is 355. The molecule has 4 heteroatoms. The number of hydrogen-bond acceptors (Lipinski definition) is 3. The van der Waals surface area contributed by atoms with Crippen LogP contribution in [0.5, 0.6) is 5.75 Å². The SMILES string of the molecule is Cc1[c]ccc(OC2CCS(O)(O)CC2)c1. The third kappa shape index (κ3) is 3.14. The van der Waals surface area contributed by atoms with Crippen LogP contribution in [0.2, 0.25) is 0 Å². The second kappa shape index (κ2) is 4.65. The number of hydrogen-bond donors (Lipinski definition) is 2. The van der Waals surface area contributed by atoms with Gasteiger partial charge in [-0.3, -0.25) is 9.11 Å². The molecule has 0 bridgehead atoms. The number of aryl methyl sites for hydroxylation is 1. The number of rotatable bonds is 2. The van der Waals surface area contributed by atoms with Crippen molar-refractivity contribution in [2.45, 2.75) is 25.9 Å². The maximum Gasteiger partial charge on any atom is 0.120 e. The van der Waals surface area contributed by atoms with E-state index in [4.69, 9.17) is 4.74 Å². The van der Waals surface area contributed by atoms with Gasteiger partial charge in [0, 0.05) is 24.3 Å². The van der Waals surface area contributed by atoms with Crippen molar-refractivity contribution in [3.8, 4) is 5.75 Å². The van der Waals surface area contributed by atoms with Crippen molar-refractivity contribution in [3.63, 3.8) is 0 Å². The summed E-state index contributed by atoms with van der Waals surface area (Å²) in [6.45, 7) is 1.98. The molecule has 16 heavy (non-hydrogen) atoms. The molecule has 1 aliphatic heterocycles. The van der Waals surface area contributed by atoms with Crippen LogP contribution in [0.15, 0.2) is 18.2 Å². The Morgan fingerprint density at radius 2 is 2.06 bits per heavy atom. The highest BCUT2D eigenvalue weighted by Gasteiger charge is 2.25. The first kappa shape index (κ1) is 11.8. The van der Waals surface area contributed by atoms with E-state index in [1.165, 1.54) is 0 Å². The molecule has 0 aliphatic carbocycles. The van der Waals surface area contributed by atoms with E-state index >= 15 is 0 Å². The van der Waals surface area contributed by atoms with Gasteiger partial charge in [0.25, 0.3) is 0 Å². The summed E-state index contributed by atoms with van der Waals surface area (Å²) in [5.74, 6) is 1.78. The molecule has 0 saturated carbocycles. The van der Waals surface area contributed by atoms with Crippen molar-refractivity contribution in [1.29, 1.82) is 0 Å². The summed E-state index contributed by atoms with van der Waals surface area (Å²) in [5.41, 5.74) is 1.05. The monoisotopic (exact) mass is 241 g/mol. The lowest BCUT2D eigenvalue weighted by molar-refractivity contribution is 0.186. The highest BCUT2D eigenvalue weighted by Crippen LogP contribution is 2.44. The van der Waals surface area contributed by atoms with Gasteiger partial charge in [0.15, 0.2) is 0 Å². The second-order valence-electron chi connectivity index (χ2n) is 4.24. The van der Waals surface area contributed by atoms with Crippen molar-refractivity contribution >= 4 is 10.6 Å². The summed E-state index contributed by atoms with van der Waals surface area (Å²) < 4.78 is 24.8. The van der Waals surface area contributed by atoms with Gasteiger partial charge in [-0.2, -0.15) is 10.6 Å². The van der Waals surface area contributed by atoms with Crippen LogP contribution in [0.3, 0.4) is 0 Å². The van der Waals surface area contributed by atoms with E-state index in [1.54, 1.807) is 0 Å². The molecule has 1 fully saturated rings. The fourth-order valence-corrected chi connectivity index (χ4v) is 3.31. The van der Waals surface area contributed by atoms with Gasteiger partial charge in [-0.15, -0.1) is 0 Å². The van der Waals surface area contributed by atoms with E-state index in [2.05, 4.69) is 6.07 Å². The third-order valence-electron chi connectivity index (χ3n) is 2.75. The maximum absolute atomic E-state index is 9.48. The Balaban J connectivity index is 1.92. The molecule has 1 saturated heterocycles.